The second kappa shape index (κ2) is 9.78. The fraction of sp³-hybridized carbons (Fsp3) is 0.227. The lowest BCUT2D eigenvalue weighted by Gasteiger charge is -2.18. The van der Waals surface area contributed by atoms with E-state index in [0.717, 1.165) is 12.1 Å². The van der Waals surface area contributed by atoms with E-state index in [1.54, 1.807) is 24.3 Å². The molecule has 0 unspecified atom stereocenters. The van der Waals surface area contributed by atoms with Crippen LogP contribution in [0.25, 0.3) is 17.5 Å². The molecule has 0 saturated carbocycles. The summed E-state index contributed by atoms with van der Waals surface area (Å²) < 4.78 is 43.6. The number of hydrogen-bond donors (Lipinski definition) is 0. The minimum absolute atomic E-state index is 0.0987. The third-order valence-corrected chi connectivity index (χ3v) is 4.69. The predicted molar refractivity (Wildman–Crippen MR) is 111 cm³/mol. The minimum atomic E-state index is -4.40. The van der Waals surface area contributed by atoms with Gasteiger partial charge in [0, 0.05) is 12.6 Å². The first-order valence-electron chi connectivity index (χ1n) is 9.49. The zero-order valence-corrected chi connectivity index (χ0v) is 17.3. The smallest absolute Gasteiger partial charge is 0.416 e. The van der Waals surface area contributed by atoms with Gasteiger partial charge in [-0.05, 0) is 42.3 Å². The molecular weight excluding hydrogens is 431 g/mol. The summed E-state index contributed by atoms with van der Waals surface area (Å²) in [6.45, 7) is 2.46. The average molecular weight is 450 g/mol. The van der Waals surface area contributed by atoms with Crippen molar-refractivity contribution < 1.29 is 22.4 Å². The lowest BCUT2D eigenvalue weighted by atomic mass is 10.1. The van der Waals surface area contributed by atoms with E-state index in [1.807, 2.05) is 6.92 Å². The highest BCUT2D eigenvalue weighted by molar-refractivity contribution is 6.33. The van der Waals surface area contributed by atoms with Crippen LogP contribution < -0.4 is 0 Å². The van der Waals surface area contributed by atoms with Gasteiger partial charge in [0.2, 0.25) is 17.7 Å². The summed E-state index contributed by atoms with van der Waals surface area (Å²) in [5, 5.41) is 8.45. The summed E-state index contributed by atoms with van der Waals surface area (Å²) in [7, 11) is 0. The Morgan fingerprint density at radius 1 is 1.13 bits per heavy atom. The largest absolute Gasteiger partial charge is 0.419 e. The highest BCUT2D eigenvalue weighted by Crippen LogP contribution is 2.29. The second-order valence-corrected chi connectivity index (χ2v) is 7.10. The first kappa shape index (κ1) is 22.6. The fourth-order valence-corrected chi connectivity index (χ4v) is 3.03. The van der Waals surface area contributed by atoms with Crippen molar-refractivity contribution in [3.63, 3.8) is 0 Å². The molecule has 31 heavy (non-hydrogen) atoms. The van der Waals surface area contributed by atoms with Gasteiger partial charge in [-0.2, -0.15) is 13.2 Å². The van der Waals surface area contributed by atoms with Crippen LogP contribution in [-0.2, 0) is 17.5 Å². The Labute approximate surface area is 182 Å². The number of amides is 1. The van der Waals surface area contributed by atoms with Crippen molar-refractivity contribution in [2.24, 2.45) is 0 Å². The molecule has 0 atom stereocenters. The number of rotatable bonds is 7. The van der Waals surface area contributed by atoms with Crippen LogP contribution in [0.1, 0.15) is 30.4 Å². The molecule has 1 amide bonds. The lowest BCUT2D eigenvalue weighted by molar-refractivity contribution is -0.137. The summed E-state index contributed by atoms with van der Waals surface area (Å²) in [6.07, 6.45) is -0.925. The van der Waals surface area contributed by atoms with Crippen molar-refractivity contribution in [2.75, 3.05) is 6.54 Å². The Hall–Kier alpha value is -3.13. The molecule has 0 aliphatic rings. The zero-order valence-electron chi connectivity index (χ0n) is 16.6. The standard InChI is InChI=1S/C22H19ClF3N3O2/c1-2-13-29(14-19-27-28-21(31-19)17-5-3-4-6-18(17)23)20(30)12-9-15-7-10-16(11-8-15)22(24,25)26/h3-12H,2,13-14H2,1H3/b12-9+. The molecule has 162 valence electrons. The van der Waals surface area contributed by atoms with Crippen LogP contribution in [0.2, 0.25) is 5.02 Å². The van der Waals surface area contributed by atoms with E-state index < -0.39 is 11.7 Å². The lowest BCUT2D eigenvalue weighted by Crippen LogP contribution is -2.29. The molecule has 1 aromatic heterocycles. The number of carbonyl (C=O) groups excluding carboxylic acids is 1. The van der Waals surface area contributed by atoms with Gasteiger partial charge in [0.1, 0.15) is 0 Å². The number of aromatic nitrogens is 2. The molecule has 0 aliphatic heterocycles. The van der Waals surface area contributed by atoms with Crippen LogP contribution >= 0.6 is 11.6 Å². The van der Waals surface area contributed by atoms with Crippen LogP contribution in [0.5, 0.6) is 0 Å². The minimum Gasteiger partial charge on any atom is -0.419 e. The van der Waals surface area contributed by atoms with Crippen LogP contribution in [0, 0.1) is 0 Å². The van der Waals surface area contributed by atoms with E-state index in [4.69, 9.17) is 16.0 Å². The van der Waals surface area contributed by atoms with E-state index >= 15 is 0 Å². The molecule has 3 aromatic rings. The maximum Gasteiger partial charge on any atom is 0.416 e. The van der Waals surface area contributed by atoms with E-state index in [9.17, 15) is 18.0 Å². The van der Waals surface area contributed by atoms with Gasteiger partial charge >= 0.3 is 6.18 Å². The van der Waals surface area contributed by atoms with E-state index in [2.05, 4.69) is 10.2 Å². The quantitative estimate of drug-likeness (QED) is 0.424. The van der Waals surface area contributed by atoms with E-state index in [-0.39, 0.29) is 24.2 Å². The van der Waals surface area contributed by atoms with E-state index in [1.165, 1.54) is 29.2 Å². The number of nitrogens with zero attached hydrogens (tertiary/aromatic N) is 3. The number of benzene rings is 2. The first-order chi connectivity index (χ1) is 14.8. The summed E-state index contributed by atoms with van der Waals surface area (Å²) in [5.74, 6) is 0.184. The van der Waals surface area contributed by atoms with Crippen LogP contribution in [0.15, 0.2) is 59.0 Å². The molecule has 2 aromatic carbocycles. The Balaban J connectivity index is 1.70. The Bertz CT molecular complexity index is 1060. The summed E-state index contributed by atoms with van der Waals surface area (Å²) in [4.78, 5) is 14.1. The van der Waals surface area contributed by atoms with Crippen molar-refractivity contribution in [1.82, 2.24) is 15.1 Å². The Kier molecular flexibility index (Phi) is 7.12. The molecule has 0 N–H and O–H groups in total. The molecule has 0 saturated heterocycles. The van der Waals surface area contributed by atoms with Gasteiger partial charge in [-0.3, -0.25) is 4.79 Å². The molecule has 0 spiro atoms. The normalized spacial score (nSPS) is 11.8. The molecule has 0 bridgehead atoms. The van der Waals surface area contributed by atoms with Crippen molar-refractivity contribution in [2.45, 2.75) is 26.1 Å². The van der Waals surface area contributed by atoms with Gasteiger partial charge in [0.05, 0.1) is 22.7 Å². The van der Waals surface area contributed by atoms with Crippen LogP contribution in [0.3, 0.4) is 0 Å². The van der Waals surface area contributed by atoms with Crippen molar-refractivity contribution in [3.8, 4) is 11.5 Å². The van der Waals surface area contributed by atoms with Crippen LogP contribution in [-0.4, -0.2) is 27.5 Å². The fourth-order valence-electron chi connectivity index (χ4n) is 2.82. The molecule has 1 heterocycles. The number of halogens is 4. The number of carbonyl (C=O) groups is 1. The topological polar surface area (TPSA) is 59.2 Å². The Morgan fingerprint density at radius 3 is 2.48 bits per heavy atom. The van der Waals surface area contributed by atoms with Crippen molar-refractivity contribution in [3.05, 3.63) is 76.6 Å². The van der Waals surface area contributed by atoms with Crippen LogP contribution in [0.4, 0.5) is 13.2 Å². The monoisotopic (exact) mass is 449 g/mol. The van der Waals surface area contributed by atoms with Gasteiger partial charge in [0.15, 0.2) is 0 Å². The molecule has 0 fully saturated rings. The maximum absolute atomic E-state index is 12.7. The maximum atomic E-state index is 12.7. The number of alkyl halides is 3. The predicted octanol–water partition coefficient (Wildman–Crippen LogP) is 5.86. The third kappa shape index (κ3) is 5.95. The molecule has 0 radical (unpaired) electrons. The molecule has 5 nitrogen and oxygen atoms in total. The van der Waals surface area contributed by atoms with Gasteiger partial charge in [-0.15, -0.1) is 10.2 Å². The SMILES string of the molecule is CCCN(Cc1nnc(-c2ccccc2Cl)o1)C(=O)/C=C/c1ccc(C(F)(F)F)cc1. The van der Waals surface area contributed by atoms with Gasteiger partial charge in [-0.25, -0.2) is 0 Å². The first-order valence-corrected chi connectivity index (χ1v) is 9.87. The Morgan fingerprint density at radius 2 is 1.84 bits per heavy atom. The van der Waals surface area contributed by atoms with Gasteiger partial charge in [-0.1, -0.05) is 42.8 Å². The van der Waals surface area contributed by atoms with Crippen molar-refractivity contribution >= 4 is 23.6 Å². The molecular formula is C22H19ClF3N3O2. The zero-order chi connectivity index (χ0) is 22.4. The van der Waals surface area contributed by atoms with Gasteiger partial charge < -0.3 is 9.32 Å². The summed E-state index contributed by atoms with van der Waals surface area (Å²) >= 11 is 6.14. The van der Waals surface area contributed by atoms with E-state index in [0.29, 0.717) is 29.1 Å². The third-order valence-electron chi connectivity index (χ3n) is 4.36. The van der Waals surface area contributed by atoms with Crippen molar-refractivity contribution in [1.29, 1.82) is 0 Å². The summed E-state index contributed by atoms with van der Waals surface area (Å²) in [5.41, 5.74) is 0.337. The molecule has 9 heteroatoms. The summed E-state index contributed by atoms with van der Waals surface area (Å²) in [6, 6.07) is 11.6. The van der Waals surface area contributed by atoms with Gasteiger partial charge in [0.25, 0.3) is 0 Å². The molecule has 3 rings (SSSR count). The highest BCUT2D eigenvalue weighted by atomic mass is 35.5. The highest BCUT2D eigenvalue weighted by Gasteiger charge is 2.29. The average Bonchev–Trinajstić information content (AvgIpc) is 3.20. The molecule has 0 aliphatic carbocycles. The second-order valence-electron chi connectivity index (χ2n) is 6.69. The number of hydrogen-bond acceptors (Lipinski definition) is 4.